The van der Waals surface area contributed by atoms with Crippen LogP contribution in [0.15, 0.2) is 0 Å². The van der Waals surface area contributed by atoms with Gasteiger partial charge in [0.1, 0.15) is 18.1 Å². The average molecular weight is 492 g/mol. The minimum Gasteiger partial charge on any atom is -0.481 e. The molecule has 0 aliphatic carbocycles. The summed E-state index contributed by atoms with van der Waals surface area (Å²) < 4.78 is 0. The van der Waals surface area contributed by atoms with Crippen molar-refractivity contribution in [3.8, 4) is 0 Å². The van der Waals surface area contributed by atoms with E-state index in [9.17, 15) is 28.8 Å². The van der Waals surface area contributed by atoms with Crippen molar-refractivity contribution in [3.05, 3.63) is 0 Å². The number of carbonyl (C=O) groups is 6. The molecule has 0 saturated carbocycles. The molecule has 0 saturated heterocycles. The van der Waals surface area contributed by atoms with Crippen molar-refractivity contribution in [1.29, 1.82) is 0 Å². The third-order valence-corrected chi connectivity index (χ3v) is 4.66. The highest BCUT2D eigenvalue weighted by molar-refractivity contribution is 7.80. The summed E-state index contributed by atoms with van der Waals surface area (Å²) in [7, 11) is 0. The molecule has 0 aromatic rings. The van der Waals surface area contributed by atoms with Gasteiger partial charge in [0.25, 0.3) is 0 Å². The Bertz CT molecular complexity index is 755. The summed E-state index contributed by atoms with van der Waals surface area (Å²) in [5.41, 5.74) is 10.7. The minimum atomic E-state index is -1.66. The predicted molar refractivity (Wildman–Crippen MR) is 120 cm³/mol. The van der Waals surface area contributed by atoms with Crippen molar-refractivity contribution >= 4 is 48.2 Å². The van der Waals surface area contributed by atoms with Crippen LogP contribution in [0.5, 0.6) is 0 Å². The molecule has 14 heteroatoms. The van der Waals surface area contributed by atoms with Crippen LogP contribution in [0.3, 0.4) is 0 Å². The number of thiol groups is 1. The number of hydrogen-bond acceptors (Lipinski definition) is 8. The number of carboxylic acids is 2. The zero-order valence-corrected chi connectivity index (χ0v) is 19.7. The first-order valence-corrected chi connectivity index (χ1v) is 10.7. The van der Waals surface area contributed by atoms with Gasteiger partial charge in [-0.05, 0) is 18.3 Å². The molecule has 4 atom stereocenters. The predicted octanol–water partition coefficient (Wildman–Crippen LogP) is -2.04. The Kier molecular flexibility index (Phi) is 12.4. The van der Waals surface area contributed by atoms with Gasteiger partial charge in [0, 0.05) is 12.2 Å². The summed E-state index contributed by atoms with van der Waals surface area (Å²) in [6.45, 7) is 5.59. The smallest absolute Gasteiger partial charge is 0.327 e. The van der Waals surface area contributed by atoms with E-state index in [0.717, 1.165) is 0 Å². The van der Waals surface area contributed by atoms with Crippen LogP contribution in [-0.2, 0) is 28.8 Å². The molecule has 0 unspecified atom stereocenters. The highest BCUT2D eigenvalue weighted by Gasteiger charge is 2.32. The van der Waals surface area contributed by atoms with Crippen molar-refractivity contribution in [2.45, 2.75) is 70.6 Å². The zero-order valence-electron chi connectivity index (χ0n) is 18.8. The first kappa shape index (κ1) is 30.1. The second kappa shape index (κ2) is 13.6. The fraction of sp³-hybridized carbons (Fsp3) is 0.684. The summed E-state index contributed by atoms with van der Waals surface area (Å²) in [4.78, 5) is 71.1. The number of hydrogen-bond donors (Lipinski definition) is 8. The summed E-state index contributed by atoms with van der Waals surface area (Å²) in [5, 5.41) is 24.8. The van der Waals surface area contributed by atoms with Gasteiger partial charge < -0.3 is 37.6 Å². The van der Waals surface area contributed by atoms with E-state index < -0.39 is 66.2 Å². The number of nitrogens with two attached hydrogens (primary N) is 2. The van der Waals surface area contributed by atoms with Gasteiger partial charge >= 0.3 is 11.9 Å². The molecule has 0 fully saturated rings. The van der Waals surface area contributed by atoms with Crippen LogP contribution in [0.2, 0.25) is 0 Å². The summed E-state index contributed by atoms with van der Waals surface area (Å²) in [5.74, 6) is -6.61. The Hall–Kier alpha value is -2.87. The molecule has 33 heavy (non-hydrogen) atoms. The molecule has 9 N–H and O–H groups in total. The van der Waals surface area contributed by atoms with Gasteiger partial charge in [0.05, 0.1) is 12.5 Å². The number of nitrogens with one attached hydrogen (secondary N) is 3. The largest absolute Gasteiger partial charge is 0.481 e. The second-order valence-corrected chi connectivity index (χ2v) is 9.04. The van der Waals surface area contributed by atoms with Gasteiger partial charge in [-0.15, -0.1) is 0 Å². The molecule has 0 aliphatic rings. The van der Waals surface area contributed by atoms with E-state index in [4.69, 9.17) is 21.7 Å². The summed E-state index contributed by atoms with van der Waals surface area (Å²) in [6, 6.07) is -5.40. The van der Waals surface area contributed by atoms with Gasteiger partial charge in [0.15, 0.2) is 0 Å². The van der Waals surface area contributed by atoms with E-state index in [1.165, 1.54) is 0 Å². The average Bonchev–Trinajstić information content (AvgIpc) is 2.65. The molecule has 188 valence electrons. The molecule has 0 aromatic carbocycles. The van der Waals surface area contributed by atoms with Gasteiger partial charge in [-0.2, -0.15) is 12.6 Å². The molecule has 0 aromatic heterocycles. The first-order valence-electron chi connectivity index (χ1n) is 10.1. The van der Waals surface area contributed by atoms with Crippen molar-refractivity contribution in [2.75, 3.05) is 5.75 Å². The Labute approximate surface area is 196 Å². The Morgan fingerprint density at radius 2 is 1.36 bits per heavy atom. The highest BCUT2D eigenvalue weighted by Crippen LogP contribution is 2.20. The van der Waals surface area contributed by atoms with E-state index >= 15 is 0 Å². The van der Waals surface area contributed by atoms with Crippen molar-refractivity contribution < 1.29 is 39.0 Å². The number of carboxylic acid groups (broad SMARTS) is 2. The van der Waals surface area contributed by atoms with Gasteiger partial charge in [-0.1, -0.05) is 20.8 Å². The molecule has 0 bridgehead atoms. The van der Waals surface area contributed by atoms with Crippen LogP contribution < -0.4 is 27.4 Å². The fourth-order valence-corrected chi connectivity index (χ4v) is 2.95. The number of primary amides is 1. The summed E-state index contributed by atoms with van der Waals surface area (Å²) in [6.07, 6.45) is -1.10. The molecule has 0 heterocycles. The lowest BCUT2D eigenvalue weighted by Gasteiger charge is -2.26. The van der Waals surface area contributed by atoms with Gasteiger partial charge in [0.2, 0.25) is 23.6 Å². The second-order valence-electron chi connectivity index (χ2n) is 8.68. The number of rotatable bonds is 14. The Balaban J connectivity index is 5.55. The van der Waals surface area contributed by atoms with Crippen LogP contribution in [0.4, 0.5) is 0 Å². The van der Waals surface area contributed by atoms with Crippen LogP contribution in [0.1, 0.15) is 46.5 Å². The maximum absolute atomic E-state index is 12.8. The monoisotopic (exact) mass is 491 g/mol. The van der Waals surface area contributed by atoms with Crippen LogP contribution in [-0.4, -0.2) is 75.7 Å². The first-order chi connectivity index (χ1) is 15.1. The molecular weight excluding hydrogens is 458 g/mol. The summed E-state index contributed by atoms with van der Waals surface area (Å²) >= 11 is 3.80. The van der Waals surface area contributed by atoms with Gasteiger partial charge in [-0.3, -0.25) is 24.0 Å². The van der Waals surface area contributed by atoms with Crippen molar-refractivity contribution in [1.82, 2.24) is 16.0 Å². The standard InChI is InChI=1S/C19H33N5O8S/c1-19(2,3)7-9(20)15(28)22-10(4-5-13(21)25)16(29)23-11(6-14(26)27)17(30)24-12(8-33)18(31)32/h9-12,33H,4-8,20H2,1-3H3,(H2,21,25)(H,22,28)(H,23,29)(H,24,30)(H,26,27)(H,31,32)/t9-,10-,11-,12-/m0/s1. The minimum absolute atomic E-state index is 0.231. The zero-order chi connectivity index (χ0) is 25.9. The fourth-order valence-electron chi connectivity index (χ4n) is 2.70. The van der Waals surface area contributed by atoms with Crippen LogP contribution >= 0.6 is 12.6 Å². The highest BCUT2D eigenvalue weighted by atomic mass is 32.1. The number of amides is 4. The quantitative estimate of drug-likeness (QED) is 0.125. The third-order valence-electron chi connectivity index (χ3n) is 4.29. The van der Waals surface area contributed by atoms with E-state index in [2.05, 4.69) is 28.6 Å². The molecule has 0 rings (SSSR count). The Morgan fingerprint density at radius 3 is 1.79 bits per heavy atom. The van der Waals surface area contributed by atoms with Crippen molar-refractivity contribution in [2.24, 2.45) is 16.9 Å². The molecule has 13 nitrogen and oxygen atoms in total. The molecule has 0 radical (unpaired) electrons. The topological polar surface area (TPSA) is 231 Å². The van der Waals surface area contributed by atoms with Gasteiger partial charge in [-0.25, -0.2) is 4.79 Å². The van der Waals surface area contributed by atoms with E-state index in [0.29, 0.717) is 0 Å². The maximum atomic E-state index is 12.8. The molecule has 0 spiro atoms. The number of aliphatic carboxylic acids is 2. The molecule has 0 aliphatic heterocycles. The van der Waals surface area contributed by atoms with Crippen molar-refractivity contribution in [3.63, 3.8) is 0 Å². The molecule has 4 amide bonds. The van der Waals surface area contributed by atoms with Crippen LogP contribution in [0, 0.1) is 5.41 Å². The normalized spacial score (nSPS) is 14.8. The van der Waals surface area contributed by atoms with Crippen LogP contribution in [0.25, 0.3) is 0 Å². The van der Waals surface area contributed by atoms with E-state index in [-0.39, 0.29) is 30.4 Å². The lowest BCUT2D eigenvalue weighted by atomic mass is 9.88. The SMILES string of the molecule is CC(C)(C)C[C@H](N)C(=O)N[C@@H](CCC(N)=O)C(=O)N[C@@H](CC(=O)O)C(=O)N[C@@H](CS)C(=O)O. The molecular formula is C19H33N5O8S. The number of carbonyl (C=O) groups excluding carboxylic acids is 4. The van der Waals surface area contributed by atoms with E-state index in [1.807, 2.05) is 20.8 Å². The lowest BCUT2D eigenvalue weighted by molar-refractivity contribution is -0.143. The lowest BCUT2D eigenvalue weighted by Crippen LogP contribution is -2.58. The maximum Gasteiger partial charge on any atom is 0.327 e. The van der Waals surface area contributed by atoms with E-state index in [1.54, 1.807) is 0 Å². The third kappa shape index (κ3) is 12.7. The Morgan fingerprint density at radius 1 is 0.879 bits per heavy atom.